The van der Waals surface area contributed by atoms with Crippen molar-refractivity contribution in [3.63, 3.8) is 0 Å². The summed E-state index contributed by atoms with van der Waals surface area (Å²) >= 11 is 1.40. The van der Waals surface area contributed by atoms with Gasteiger partial charge >= 0.3 is 0 Å². The molecule has 0 saturated carbocycles. The summed E-state index contributed by atoms with van der Waals surface area (Å²) in [6.45, 7) is 1.80. The monoisotopic (exact) mass is 284 g/mol. The Labute approximate surface area is 119 Å². The number of nitrogens with one attached hydrogen (secondary N) is 1. The molecule has 2 aromatic heterocycles. The third kappa shape index (κ3) is 2.33. The van der Waals surface area contributed by atoms with E-state index in [0.29, 0.717) is 22.1 Å². The number of rotatable bonds is 2. The molecule has 0 fully saturated rings. The molecule has 0 unspecified atom stereocenters. The molecule has 3 rings (SSSR count). The van der Waals surface area contributed by atoms with Crippen LogP contribution in [0.5, 0.6) is 0 Å². The summed E-state index contributed by atoms with van der Waals surface area (Å²) in [4.78, 5) is 20.6. The maximum Gasteiger partial charge on any atom is 0.259 e. The molecule has 3 N–H and O–H groups in total. The highest BCUT2D eigenvalue weighted by atomic mass is 32.1. The average Bonchev–Trinajstić information content (AvgIpc) is 2.80. The Balaban J connectivity index is 1.89. The molecular formula is C14H12N4OS. The van der Waals surface area contributed by atoms with Gasteiger partial charge in [0.15, 0.2) is 5.13 Å². The predicted octanol–water partition coefficient (Wildman–Crippen LogP) is 2.83. The summed E-state index contributed by atoms with van der Waals surface area (Å²) in [6, 6.07) is 8.95. The molecule has 0 atom stereocenters. The fraction of sp³-hybridized carbons (Fsp3) is 0.0714. The van der Waals surface area contributed by atoms with Gasteiger partial charge in [-0.2, -0.15) is 0 Å². The smallest absolute Gasteiger partial charge is 0.259 e. The van der Waals surface area contributed by atoms with E-state index in [2.05, 4.69) is 15.3 Å². The number of fused-ring (bicyclic) bond motifs is 1. The number of nitrogens with two attached hydrogens (primary N) is 1. The van der Waals surface area contributed by atoms with Gasteiger partial charge in [0.05, 0.1) is 15.8 Å². The van der Waals surface area contributed by atoms with Gasteiger partial charge in [-0.05, 0) is 37.3 Å². The number of hydrogen-bond donors (Lipinski definition) is 2. The van der Waals surface area contributed by atoms with E-state index in [9.17, 15) is 4.79 Å². The number of thiazole rings is 1. The van der Waals surface area contributed by atoms with Gasteiger partial charge in [0.25, 0.3) is 5.91 Å². The number of pyridine rings is 1. The molecule has 0 spiro atoms. The lowest BCUT2D eigenvalue weighted by molar-refractivity contribution is 0.102. The van der Waals surface area contributed by atoms with Gasteiger partial charge in [-0.25, -0.2) is 4.98 Å². The van der Waals surface area contributed by atoms with E-state index in [4.69, 9.17) is 5.73 Å². The largest absolute Gasteiger partial charge is 0.399 e. The number of aryl methyl sites for hydroxylation is 1. The van der Waals surface area contributed by atoms with Crippen LogP contribution >= 0.6 is 11.3 Å². The Morgan fingerprint density at radius 1 is 1.35 bits per heavy atom. The normalized spacial score (nSPS) is 10.7. The number of nitrogens with zero attached hydrogens (tertiary/aromatic N) is 2. The third-order valence-corrected chi connectivity index (χ3v) is 3.82. The highest BCUT2D eigenvalue weighted by molar-refractivity contribution is 7.22. The van der Waals surface area contributed by atoms with Gasteiger partial charge in [0, 0.05) is 17.6 Å². The van der Waals surface area contributed by atoms with E-state index >= 15 is 0 Å². The highest BCUT2D eigenvalue weighted by Crippen LogP contribution is 2.27. The molecule has 20 heavy (non-hydrogen) atoms. The second-order valence-electron chi connectivity index (χ2n) is 4.34. The minimum Gasteiger partial charge on any atom is -0.399 e. The van der Waals surface area contributed by atoms with Crippen LogP contribution in [0.2, 0.25) is 0 Å². The summed E-state index contributed by atoms with van der Waals surface area (Å²) in [7, 11) is 0. The van der Waals surface area contributed by atoms with E-state index in [1.807, 2.05) is 12.1 Å². The lowest BCUT2D eigenvalue weighted by Crippen LogP contribution is -2.13. The predicted molar refractivity (Wildman–Crippen MR) is 81.0 cm³/mol. The number of aromatic nitrogens is 2. The van der Waals surface area contributed by atoms with Crippen LogP contribution < -0.4 is 11.1 Å². The molecule has 0 saturated heterocycles. The molecular weight excluding hydrogens is 272 g/mol. The summed E-state index contributed by atoms with van der Waals surface area (Å²) in [5.41, 5.74) is 8.47. The van der Waals surface area contributed by atoms with Gasteiger partial charge in [-0.1, -0.05) is 11.3 Å². The first-order valence-electron chi connectivity index (χ1n) is 6.02. The number of hydrogen-bond acceptors (Lipinski definition) is 5. The van der Waals surface area contributed by atoms with Crippen molar-refractivity contribution in [2.75, 3.05) is 11.1 Å². The molecule has 1 amide bonds. The number of benzene rings is 1. The van der Waals surface area contributed by atoms with Crippen LogP contribution in [0.4, 0.5) is 10.8 Å². The number of carbonyl (C=O) groups is 1. The topological polar surface area (TPSA) is 80.9 Å². The van der Waals surface area contributed by atoms with Crippen LogP contribution in [0.1, 0.15) is 16.1 Å². The van der Waals surface area contributed by atoms with E-state index in [-0.39, 0.29) is 5.91 Å². The first-order chi connectivity index (χ1) is 9.63. The summed E-state index contributed by atoms with van der Waals surface area (Å²) in [5, 5.41) is 3.35. The van der Waals surface area contributed by atoms with Crippen LogP contribution in [0.15, 0.2) is 36.5 Å². The molecule has 1 aromatic carbocycles. The zero-order chi connectivity index (χ0) is 14.1. The quantitative estimate of drug-likeness (QED) is 0.709. The van der Waals surface area contributed by atoms with Crippen molar-refractivity contribution in [3.8, 4) is 0 Å². The zero-order valence-electron chi connectivity index (χ0n) is 10.8. The molecule has 0 bridgehead atoms. The highest BCUT2D eigenvalue weighted by Gasteiger charge is 2.12. The summed E-state index contributed by atoms with van der Waals surface area (Å²) < 4.78 is 0.947. The van der Waals surface area contributed by atoms with Crippen LogP contribution in [0.3, 0.4) is 0 Å². The van der Waals surface area contributed by atoms with Gasteiger partial charge in [-0.3, -0.25) is 15.1 Å². The van der Waals surface area contributed by atoms with E-state index in [1.165, 1.54) is 11.3 Å². The van der Waals surface area contributed by atoms with Crippen LogP contribution in [0, 0.1) is 6.92 Å². The first-order valence-corrected chi connectivity index (χ1v) is 6.84. The summed E-state index contributed by atoms with van der Waals surface area (Å²) in [6.07, 6.45) is 1.66. The van der Waals surface area contributed by atoms with Gasteiger partial charge in [0.2, 0.25) is 0 Å². The number of nitrogen functional groups attached to an aromatic ring is 1. The van der Waals surface area contributed by atoms with Gasteiger partial charge in [0.1, 0.15) is 0 Å². The van der Waals surface area contributed by atoms with Crippen molar-refractivity contribution < 1.29 is 4.79 Å². The molecule has 0 radical (unpaired) electrons. The molecule has 0 aliphatic rings. The zero-order valence-corrected chi connectivity index (χ0v) is 11.6. The van der Waals surface area contributed by atoms with Crippen molar-refractivity contribution in [1.82, 2.24) is 9.97 Å². The Kier molecular flexibility index (Phi) is 3.08. The molecule has 2 heterocycles. The van der Waals surface area contributed by atoms with Crippen LogP contribution in [-0.2, 0) is 0 Å². The fourth-order valence-corrected chi connectivity index (χ4v) is 2.79. The second-order valence-corrected chi connectivity index (χ2v) is 5.37. The number of anilines is 2. The lowest BCUT2D eigenvalue weighted by Gasteiger charge is -2.03. The van der Waals surface area contributed by atoms with E-state index in [1.54, 1.807) is 31.3 Å². The van der Waals surface area contributed by atoms with Crippen molar-refractivity contribution in [2.45, 2.75) is 6.92 Å². The molecule has 5 nitrogen and oxygen atoms in total. The molecule has 100 valence electrons. The van der Waals surface area contributed by atoms with Crippen molar-refractivity contribution in [3.05, 3.63) is 47.8 Å². The van der Waals surface area contributed by atoms with Crippen LogP contribution in [-0.4, -0.2) is 15.9 Å². The lowest BCUT2D eigenvalue weighted by atomic mass is 10.2. The first kappa shape index (κ1) is 12.6. The van der Waals surface area contributed by atoms with Gasteiger partial charge in [-0.15, -0.1) is 0 Å². The molecule has 0 aliphatic carbocycles. The minimum atomic E-state index is -0.206. The maximum absolute atomic E-state index is 12.2. The van der Waals surface area contributed by atoms with Crippen molar-refractivity contribution >= 4 is 38.3 Å². The molecule has 0 aliphatic heterocycles. The average molecular weight is 284 g/mol. The number of carbonyl (C=O) groups excluding carboxylic acids is 1. The molecule has 6 heteroatoms. The van der Waals surface area contributed by atoms with Crippen molar-refractivity contribution in [1.29, 1.82) is 0 Å². The Hall–Kier alpha value is -2.47. The van der Waals surface area contributed by atoms with Gasteiger partial charge < -0.3 is 5.73 Å². The molecule has 3 aromatic rings. The standard InChI is InChI=1S/C14H12N4OS/c1-8-10(3-2-6-16-8)13(19)18-14-17-11-5-4-9(15)7-12(11)20-14/h2-7H,15H2,1H3,(H,17,18,19). The van der Waals surface area contributed by atoms with Crippen molar-refractivity contribution in [2.24, 2.45) is 0 Å². The minimum absolute atomic E-state index is 0.206. The maximum atomic E-state index is 12.2. The van der Waals surface area contributed by atoms with Crippen LogP contribution in [0.25, 0.3) is 10.2 Å². The number of amides is 1. The van der Waals surface area contributed by atoms with E-state index in [0.717, 1.165) is 10.2 Å². The third-order valence-electron chi connectivity index (χ3n) is 2.88. The summed E-state index contributed by atoms with van der Waals surface area (Å²) in [5.74, 6) is -0.206. The Morgan fingerprint density at radius 3 is 3.00 bits per heavy atom. The fourth-order valence-electron chi connectivity index (χ4n) is 1.88. The Bertz CT molecular complexity index is 797. The Morgan fingerprint density at radius 2 is 2.20 bits per heavy atom. The van der Waals surface area contributed by atoms with E-state index < -0.39 is 0 Å². The second kappa shape index (κ2) is 4.90. The SMILES string of the molecule is Cc1ncccc1C(=O)Nc1nc2ccc(N)cc2s1.